The number of halogens is 3. The van der Waals surface area contributed by atoms with Crippen molar-refractivity contribution in [3.05, 3.63) is 33.6 Å². The first-order valence-electron chi connectivity index (χ1n) is 7.65. The maximum Gasteiger partial charge on any atom is 0.255 e. The summed E-state index contributed by atoms with van der Waals surface area (Å²) >= 11 is 11.7. The molecule has 0 aliphatic carbocycles. The van der Waals surface area contributed by atoms with Gasteiger partial charge in [-0.1, -0.05) is 23.2 Å². The highest BCUT2D eigenvalue weighted by Gasteiger charge is 2.34. The molecule has 2 saturated heterocycles. The number of carbonyl (C=O) groups excluding carboxylic acids is 1. The Hall–Kier alpha value is -0.890. The van der Waals surface area contributed by atoms with Crippen LogP contribution in [0.25, 0.3) is 0 Å². The second-order valence-corrected chi connectivity index (χ2v) is 9.17. The number of piperazine rings is 1. The maximum atomic E-state index is 13.6. The van der Waals surface area contributed by atoms with Crippen molar-refractivity contribution >= 4 is 38.9 Å². The SMILES string of the molecule is O=C(c1cc(F)c(Cl)cc1Cl)N1CCN(C2CCS(=O)(=O)C2)CC1. The van der Waals surface area contributed by atoms with Crippen molar-refractivity contribution in [2.45, 2.75) is 12.5 Å². The Balaban J connectivity index is 1.65. The molecule has 24 heavy (non-hydrogen) atoms. The molecule has 3 rings (SSSR count). The molecule has 1 aromatic rings. The molecule has 2 heterocycles. The van der Waals surface area contributed by atoms with E-state index in [2.05, 4.69) is 4.90 Å². The Bertz CT molecular complexity index is 764. The third-order valence-electron chi connectivity index (χ3n) is 4.57. The van der Waals surface area contributed by atoms with Gasteiger partial charge in [0.15, 0.2) is 9.84 Å². The highest BCUT2D eigenvalue weighted by molar-refractivity contribution is 7.91. The number of sulfone groups is 1. The van der Waals surface area contributed by atoms with Crippen molar-refractivity contribution in [3.63, 3.8) is 0 Å². The standard InChI is InChI=1S/C15H17Cl2FN2O3S/c16-12-8-13(17)14(18)7-11(12)15(21)20-4-2-19(3-5-20)10-1-6-24(22,23)9-10/h7-8,10H,1-6,9H2. The van der Waals surface area contributed by atoms with Gasteiger partial charge in [0.05, 0.1) is 27.1 Å². The van der Waals surface area contributed by atoms with Crippen LogP contribution < -0.4 is 0 Å². The van der Waals surface area contributed by atoms with Crippen molar-refractivity contribution in [3.8, 4) is 0 Å². The van der Waals surface area contributed by atoms with Crippen LogP contribution in [0.1, 0.15) is 16.8 Å². The lowest BCUT2D eigenvalue weighted by molar-refractivity contribution is 0.0587. The summed E-state index contributed by atoms with van der Waals surface area (Å²) in [5.74, 6) is -0.598. The Morgan fingerprint density at radius 3 is 2.38 bits per heavy atom. The van der Waals surface area contributed by atoms with Crippen molar-refractivity contribution in [2.75, 3.05) is 37.7 Å². The van der Waals surface area contributed by atoms with Crippen LogP contribution in [0.3, 0.4) is 0 Å². The molecule has 0 saturated carbocycles. The minimum absolute atomic E-state index is 0.0313. The fraction of sp³-hybridized carbons (Fsp3) is 0.533. The molecule has 0 aromatic heterocycles. The first-order chi connectivity index (χ1) is 11.3. The first kappa shape index (κ1) is 17.9. The normalized spacial score (nSPS) is 24.3. The molecule has 9 heteroatoms. The summed E-state index contributed by atoms with van der Waals surface area (Å²) in [7, 11) is -2.93. The molecule has 2 aliphatic rings. The van der Waals surface area contributed by atoms with Gasteiger partial charge in [-0.25, -0.2) is 12.8 Å². The summed E-state index contributed by atoms with van der Waals surface area (Å²) in [6, 6.07) is 2.32. The molecule has 0 radical (unpaired) electrons. The highest BCUT2D eigenvalue weighted by atomic mass is 35.5. The van der Waals surface area contributed by atoms with Crippen LogP contribution in [0.2, 0.25) is 10.0 Å². The Morgan fingerprint density at radius 1 is 1.12 bits per heavy atom. The van der Waals surface area contributed by atoms with Gasteiger partial charge in [0.1, 0.15) is 5.82 Å². The summed E-state index contributed by atoms with van der Waals surface area (Å²) in [6.07, 6.45) is 0.643. The predicted molar refractivity (Wildman–Crippen MR) is 91.0 cm³/mol. The monoisotopic (exact) mass is 394 g/mol. The molecule has 132 valence electrons. The van der Waals surface area contributed by atoms with Gasteiger partial charge >= 0.3 is 0 Å². The minimum atomic E-state index is -2.93. The largest absolute Gasteiger partial charge is 0.336 e. The Labute approximate surface area is 150 Å². The van der Waals surface area contributed by atoms with Crippen molar-refractivity contribution < 1.29 is 17.6 Å². The van der Waals surface area contributed by atoms with E-state index in [1.54, 1.807) is 4.90 Å². The van der Waals surface area contributed by atoms with Crippen LogP contribution in [0.15, 0.2) is 12.1 Å². The molecule has 1 atom stereocenters. The summed E-state index contributed by atoms with van der Waals surface area (Å²) in [5.41, 5.74) is 0.0930. The van der Waals surface area contributed by atoms with E-state index in [0.29, 0.717) is 32.6 Å². The van der Waals surface area contributed by atoms with Gasteiger partial charge in [-0.15, -0.1) is 0 Å². The zero-order valence-electron chi connectivity index (χ0n) is 12.8. The van der Waals surface area contributed by atoms with E-state index in [1.165, 1.54) is 6.07 Å². The van der Waals surface area contributed by atoms with Gasteiger partial charge in [0, 0.05) is 32.2 Å². The molecule has 1 aromatic carbocycles. The minimum Gasteiger partial charge on any atom is -0.336 e. The molecule has 0 bridgehead atoms. The summed E-state index contributed by atoms with van der Waals surface area (Å²) < 4.78 is 36.8. The van der Waals surface area contributed by atoms with Crippen molar-refractivity contribution in [1.29, 1.82) is 0 Å². The van der Waals surface area contributed by atoms with Crippen LogP contribution in [0.4, 0.5) is 4.39 Å². The van der Waals surface area contributed by atoms with Crippen LogP contribution in [0, 0.1) is 5.82 Å². The summed E-state index contributed by atoms with van der Waals surface area (Å²) in [5, 5.41) is -0.000437. The second-order valence-electron chi connectivity index (χ2n) is 6.13. The van der Waals surface area contributed by atoms with E-state index in [0.717, 1.165) is 6.07 Å². The quantitative estimate of drug-likeness (QED) is 0.720. The van der Waals surface area contributed by atoms with Gasteiger partial charge in [0.2, 0.25) is 0 Å². The summed E-state index contributed by atoms with van der Waals surface area (Å²) in [4.78, 5) is 16.2. The number of hydrogen-bond acceptors (Lipinski definition) is 4. The average Bonchev–Trinajstić information content (AvgIpc) is 2.90. The maximum absolute atomic E-state index is 13.6. The molecule has 0 N–H and O–H groups in total. The van der Waals surface area contributed by atoms with E-state index in [4.69, 9.17) is 23.2 Å². The first-order valence-corrected chi connectivity index (χ1v) is 10.2. The molecular weight excluding hydrogens is 378 g/mol. The van der Waals surface area contributed by atoms with Crippen molar-refractivity contribution in [2.24, 2.45) is 0 Å². The second kappa shape index (κ2) is 6.78. The fourth-order valence-corrected chi connectivity index (χ4v) is 5.44. The number of carbonyl (C=O) groups is 1. The summed E-state index contributed by atoms with van der Waals surface area (Å²) in [6.45, 7) is 2.10. The van der Waals surface area contributed by atoms with E-state index >= 15 is 0 Å². The lowest BCUT2D eigenvalue weighted by atomic mass is 10.1. The molecule has 5 nitrogen and oxygen atoms in total. The van der Waals surface area contributed by atoms with E-state index in [9.17, 15) is 17.6 Å². The topological polar surface area (TPSA) is 57.7 Å². The van der Waals surface area contributed by atoms with Gasteiger partial charge in [-0.3, -0.25) is 9.69 Å². The molecule has 1 amide bonds. The fourth-order valence-electron chi connectivity index (χ4n) is 3.21. The van der Waals surface area contributed by atoms with Gasteiger partial charge in [-0.05, 0) is 18.6 Å². The van der Waals surface area contributed by atoms with E-state index in [1.807, 2.05) is 0 Å². The molecule has 1 unspecified atom stereocenters. The van der Waals surface area contributed by atoms with Crippen molar-refractivity contribution in [1.82, 2.24) is 9.80 Å². The van der Waals surface area contributed by atoms with Gasteiger partial charge in [0.25, 0.3) is 5.91 Å². The molecule has 2 aliphatic heterocycles. The Morgan fingerprint density at radius 2 is 1.79 bits per heavy atom. The number of amides is 1. The predicted octanol–water partition coefficient (Wildman–Crippen LogP) is 2.08. The van der Waals surface area contributed by atoms with Crippen LogP contribution in [-0.2, 0) is 9.84 Å². The van der Waals surface area contributed by atoms with E-state index in [-0.39, 0.29) is 39.1 Å². The molecule has 0 spiro atoms. The third-order valence-corrected chi connectivity index (χ3v) is 6.92. The zero-order valence-corrected chi connectivity index (χ0v) is 15.2. The molecular formula is C15H17Cl2FN2O3S. The van der Waals surface area contributed by atoms with Crippen LogP contribution in [-0.4, -0.2) is 67.9 Å². The van der Waals surface area contributed by atoms with Crippen LogP contribution in [0.5, 0.6) is 0 Å². The van der Waals surface area contributed by atoms with E-state index < -0.39 is 15.7 Å². The lowest BCUT2D eigenvalue weighted by Crippen LogP contribution is -2.52. The third kappa shape index (κ3) is 3.69. The number of benzene rings is 1. The number of nitrogens with zero attached hydrogens (tertiary/aromatic N) is 2. The number of rotatable bonds is 2. The van der Waals surface area contributed by atoms with Gasteiger partial charge in [-0.2, -0.15) is 0 Å². The lowest BCUT2D eigenvalue weighted by Gasteiger charge is -2.37. The van der Waals surface area contributed by atoms with Crippen LogP contribution >= 0.6 is 23.2 Å². The smallest absolute Gasteiger partial charge is 0.255 e. The Kier molecular flexibility index (Phi) is 5.06. The molecule has 2 fully saturated rings. The zero-order chi connectivity index (χ0) is 17.5. The van der Waals surface area contributed by atoms with Gasteiger partial charge < -0.3 is 4.90 Å². The number of hydrogen-bond donors (Lipinski definition) is 0. The highest BCUT2D eigenvalue weighted by Crippen LogP contribution is 2.26. The average molecular weight is 395 g/mol.